The van der Waals surface area contributed by atoms with Crippen LogP contribution >= 0.6 is 0 Å². The van der Waals surface area contributed by atoms with E-state index in [4.69, 9.17) is 5.26 Å². The van der Waals surface area contributed by atoms with Gasteiger partial charge >= 0.3 is 0 Å². The van der Waals surface area contributed by atoms with Crippen molar-refractivity contribution in [3.05, 3.63) is 77.4 Å². The van der Waals surface area contributed by atoms with Crippen molar-refractivity contribution < 1.29 is 8.78 Å². The number of halogens is 2. The second kappa shape index (κ2) is 6.08. The molecule has 0 aliphatic carbocycles. The van der Waals surface area contributed by atoms with Crippen molar-refractivity contribution in [2.24, 2.45) is 0 Å². The lowest BCUT2D eigenvalue weighted by atomic mass is 10.0. The molecule has 0 atom stereocenters. The zero-order valence-electron chi connectivity index (χ0n) is 13.8. The van der Waals surface area contributed by atoms with Gasteiger partial charge in [-0.1, -0.05) is 12.1 Å². The number of aromatic nitrogens is 2. The number of nitriles is 1. The molecule has 1 N–H and O–H groups in total. The van der Waals surface area contributed by atoms with Crippen LogP contribution in [0.2, 0.25) is 0 Å². The molecule has 4 aromatic rings. The zero-order chi connectivity index (χ0) is 18.3. The first-order valence-electron chi connectivity index (χ1n) is 8.02. The topological polar surface area (TPSA) is 52.5 Å². The molecule has 126 valence electrons. The van der Waals surface area contributed by atoms with Crippen molar-refractivity contribution in [3.8, 4) is 28.6 Å². The van der Waals surface area contributed by atoms with E-state index in [1.54, 1.807) is 18.2 Å². The molecule has 0 radical (unpaired) electrons. The van der Waals surface area contributed by atoms with Gasteiger partial charge in [0.25, 0.3) is 0 Å². The summed E-state index contributed by atoms with van der Waals surface area (Å²) in [6, 6.07) is 16.6. The van der Waals surface area contributed by atoms with Crippen LogP contribution in [0.4, 0.5) is 8.78 Å². The fraction of sp³-hybridized carbons (Fsp3) is 0.0476. The van der Waals surface area contributed by atoms with Gasteiger partial charge in [0.1, 0.15) is 11.6 Å². The van der Waals surface area contributed by atoms with E-state index in [0.29, 0.717) is 22.3 Å². The van der Waals surface area contributed by atoms with Gasteiger partial charge in [-0.25, -0.2) is 13.8 Å². The lowest BCUT2D eigenvalue weighted by Gasteiger charge is -2.05. The van der Waals surface area contributed by atoms with Gasteiger partial charge in [-0.15, -0.1) is 0 Å². The van der Waals surface area contributed by atoms with E-state index in [9.17, 15) is 8.78 Å². The molecule has 0 amide bonds. The molecule has 4 rings (SSSR count). The van der Waals surface area contributed by atoms with E-state index in [2.05, 4.69) is 16.0 Å². The van der Waals surface area contributed by atoms with Crippen molar-refractivity contribution in [2.75, 3.05) is 0 Å². The monoisotopic (exact) mass is 345 g/mol. The van der Waals surface area contributed by atoms with Gasteiger partial charge in [0.05, 0.1) is 39.6 Å². The Morgan fingerprint density at radius 2 is 1.77 bits per heavy atom. The Balaban J connectivity index is 1.83. The molecular formula is C21H13F2N3. The van der Waals surface area contributed by atoms with Crippen molar-refractivity contribution in [1.29, 1.82) is 5.26 Å². The Hall–Kier alpha value is -3.52. The third-order valence-electron chi connectivity index (χ3n) is 4.34. The van der Waals surface area contributed by atoms with Crippen LogP contribution in [0.1, 0.15) is 11.1 Å². The van der Waals surface area contributed by atoms with Crippen molar-refractivity contribution in [1.82, 2.24) is 9.97 Å². The van der Waals surface area contributed by atoms with Gasteiger partial charge in [-0.05, 0) is 55.0 Å². The number of benzene rings is 2. The maximum Gasteiger partial charge on any atom is 0.135 e. The minimum atomic E-state index is -0.625. The summed E-state index contributed by atoms with van der Waals surface area (Å²) < 4.78 is 28.1. The van der Waals surface area contributed by atoms with Crippen LogP contribution in [-0.2, 0) is 0 Å². The molecular weight excluding hydrogens is 332 g/mol. The van der Waals surface area contributed by atoms with Crippen LogP contribution in [0.25, 0.3) is 33.5 Å². The van der Waals surface area contributed by atoms with Gasteiger partial charge in [-0.3, -0.25) is 0 Å². The quantitative estimate of drug-likeness (QED) is 0.532. The summed E-state index contributed by atoms with van der Waals surface area (Å²) in [5.41, 5.74) is 4.72. The predicted octanol–water partition coefficient (Wildman–Crippen LogP) is 5.36. The first kappa shape index (κ1) is 16.0. The third kappa shape index (κ3) is 2.62. The van der Waals surface area contributed by atoms with Crippen LogP contribution in [-0.4, -0.2) is 9.97 Å². The summed E-state index contributed by atoms with van der Waals surface area (Å²) in [4.78, 5) is 7.63. The largest absolute Gasteiger partial charge is 0.353 e. The van der Waals surface area contributed by atoms with Crippen LogP contribution in [0.5, 0.6) is 0 Å². The smallest absolute Gasteiger partial charge is 0.135 e. The number of H-pyrrole nitrogens is 1. The molecule has 2 aromatic carbocycles. The Labute approximate surface area is 148 Å². The van der Waals surface area contributed by atoms with E-state index in [0.717, 1.165) is 16.8 Å². The SMILES string of the molecule is Cc1cc(C#N)ccc1-c1ccc2[nH]c(-c3c(F)cccc3F)cc2n1. The number of aromatic amines is 1. The summed E-state index contributed by atoms with van der Waals surface area (Å²) >= 11 is 0. The molecule has 0 fully saturated rings. The van der Waals surface area contributed by atoms with Crippen LogP contribution in [0, 0.1) is 29.9 Å². The summed E-state index contributed by atoms with van der Waals surface area (Å²) in [6.07, 6.45) is 0. The van der Waals surface area contributed by atoms with Crippen LogP contribution in [0.15, 0.2) is 54.6 Å². The highest BCUT2D eigenvalue weighted by atomic mass is 19.1. The van der Waals surface area contributed by atoms with Crippen molar-refractivity contribution in [3.63, 3.8) is 0 Å². The maximum absolute atomic E-state index is 14.0. The minimum absolute atomic E-state index is 0.0957. The fourth-order valence-corrected chi connectivity index (χ4v) is 3.07. The molecule has 0 aliphatic heterocycles. The highest BCUT2D eigenvalue weighted by Gasteiger charge is 2.14. The standard InChI is InChI=1S/C21H13F2N3/c1-12-9-13(11-24)5-6-14(12)17-7-8-18-19(25-17)10-20(26-18)21-15(22)3-2-4-16(21)23/h2-10,26H,1H3. The second-order valence-electron chi connectivity index (χ2n) is 6.05. The number of fused-ring (bicyclic) bond motifs is 1. The number of hydrogen-bond donors (Lipinski definition) is 1. The fourth-order valence-electron chi connectivity index (χ4n) is 3.07. The number of pyridine rings is 1. The average molecular weight is 345 g/mol. The summed E-state index contributed by atoms with van der Waals surface area (Å²) in [6.45, 7) is 1.92. The van der Waals surface area contributed by atoms with E-state index in [1.165, 1.54) is 18.2 Å². The normalized spacial score (nSPS) is 10.8. The lowest BCUT2D eigenvalue weighted by molar-refractivity contribution is 0.589. The van der Waals surface area contributed by atoms with Crippen LogP contribution in [0.3, 0.4) is 0 Å². The molecule has 0 bridgehead atoms. The Kier molecular flexibility index (Phi) is 3.74. The number of nitrogens with one attached hydrogen (secondary N) is 1. The number of aryl methyl sites for hydroxylation is 1. The number of nitrogens with zero attached hydrogens (tertiary/aromatic N) is 2. The molecule has 3 nitrogen and oxygen atoms in total. The molecule has 0 saturated carbocycles. The number of hydrogen-bond acceptors (Lipinski definition) is 2. The summed E-state index contributed by atoms with van der Waals surface area (Å²) in [7, 11) is 0. The maximum atomic E-state index is 14.0. The van der Waals surface area contributed by atoms with E-state index in [1.807, 2.05) is 25.1 Å². The van der Waals surface area contributed by atoms with Gasteiger partial charge in [-0.2, -0.15) is 5.26 Å². The van der Waals surface area contributed by atoms with E-state index >= 15 is 0 Å². The van der Waals surface area contributed by atoms with E-state index in [-0.39, 0.29) is 5.56 Å². The van der Waals surface area contributed by atoms with Crippen molar-refractivity contribution in [2.45, 2.75) is 6.92 Å². The third-order valence-corrected chi connectivity index (χ3v) is 4.34. The minimum Gasteiger partial charge on any atom is -0.353 e. The van der Waals surface area contributed by atoms with Gasteiger partial charge in [0.15, 0.2) is 0 Å². The Morgan fingerprint density at radius 1 is 1.00 bits per heavy atom. The summed E-state index contributed by atoms with van der Waals surface area (Å²) in [5, 5.41) is 8.99. The highest BCUT2D eigenvalue weighted by Crippen LogP contribution is 2.30. The molecule has 0 aliphatic rings. The number of rotatable bonds is 2. The molecule has 0 unspecified atom stereocenters. The Morgan fingerprint density at radius 3 is 2.46 bits per heavy atom. The van der Waals surface area contributed by atoms with Crippen LogP contribution < -0.4 is 0 Å². The zero-order valence-corrected chi connectivity index (χ0v) is 13.8. The molecule has 5 heteroatoms. The lowest BCUT2D eigenvalue weighted by Crippen LogP contribution is -1.89. The van der Waals surface area contributed by atoms with Gasteiger partial charge in [0.2, 0.25) is 0 Å². The van der Waals surface area contributed by atoms with Gasteiger partial charge in [0, 0.05) is 5.56 Å². The molecule has 2 aromatic heterocycles. The summed E-state index contributed by atoms with van der Waals surface area (Å²) in [5.74, 6) is -1.25. The average Bonchev–Trinajstić information content (AvgIpc) is 3.04. The Bertz CT molecular complexity index is 1170. The van der Waals surface area contributed by atoms with Gasteiger partial charge < -0.3 is 4.98 Å². The highest BCUT2D eigenvalue weighted by molar-refractivity contribution is 5.85. The molecule has 26 heavy (non-hydrogen) atoms. The molecule has 0 saturated heterocycles. The first-order valence-corrected chi connectivity index (χ1v) is 8.02. The predicted molar refractivity (Wildman–Crippen MR) is 96.3 cm³/mol. The van der Waals surface area contributed by atoms with E-state index < -0.39 is 11.6 Å². The second-order valence-corrected chi connectivity index (χ2v) is 6.05. The first-order chi connectivity index (χ1) is 12.6. The molecule has 0 spiro atoms. The van der Waals surface area contributed by atoms with Crippen molar-refractivity contribution >= 4 is 11.0 Å². The molecule has 2 heterocycles.